The van der Waals surface area contributed by atoms with Crippen LogP contribution in [0.3, 0.4) is 0 Å². The molecular weight excluding hydrogens is 242 g/mol. The number of methoxy groups -OCH3 is 3. The summed E-state index contributed by atoms with van der Waals surface area (Å²) in [5, 5.41) is 2.16. The predicted octanol–water partition coefficient (Wildman–Crippen LogP) is 1.85. The second-order valence-electron chi connectivity index (χ2n) is 3.17. The summed E-state index contributed by atoms with van der Waals surface area (Å²) in [6.45, 7) is 0.276. The standard InChI is InChI=1S/C11H15NO4S/c1-14-7-4-9(15-2)8(6-12-11(13)17)10(5-7)16-3/h4-5H,6H2,1-3H3,(H2,12,13,17). The molecular formula is C11H15NO4S. The number of carbonyl (C=O) groups excluding carboxylic acids is 1. The van der Waals surface area contributed by atoms with Crippen LogP contribution >= 0.6 is 12.6 Å². The predicted molar refractivity (Wildman–Crippen MR) is 67.3 cm³/mol. The van der Waals surface area contributed by atoms with E-state index < -0.39 is 5.24 Å². The van der Waals surface area contributed by atoms with Crippen molar-refractivity contribution in [2.75, 3.05) is 21.3 Å². The van der Waals surface area contributed by atoms with Gasteiger partial charge in [0.1, 0.15) is 17.2 Å². The van der Waals surface area contributed by atoms with E-state index in [1.165, 1.54) is 0 Å². The Hall–Kier alpha value is -1.56. The van der Waals surface area contributed by atoms with Crippen LogP contribution in [0.2, 0.25) is 0 Å². The molecule has 0 heterocycles. The molecule has 0 bridgehead atoms. The van der Waals surface area contributed by atoms with E-state index >= 15 is 0 Å². The number of ether oxygens (including phenoxy) is 3. The fourth-order valence-corrected chi connectivity index (χ4v) is 1.50. The highest BCUT2D eigenvalue weighted by Gasteiger charge is 2.13. The van der Waals surface area contributed by atoms with Gasteiger partial charge in [-0.3, -0.25) is 4.79 Å². The van der Waals surface area contributed by atoms with Crippen molar-refractivity contribution in [1.29, 1.82) is 0 Å². The van der Waals surface area contributed by atoms with Crippen LogP contribution in [-0.4, -0.2) is 26.6 Å². The van der Waals surface area contributed by atoms with Crippen LogP contribution in [0.25, 0.3) is 0 Å². The summed E-state index contributed by atoms with van der Waals surface area (Å²) < 4.78 is 15.6. The van der Waals surface area contributed by atoms with E-state index in [-0.39, 0.29) is 6.54 Å². The molecule has 6 heteroatoms. The minimum atomic E-state index is -0.412. The molecule has 1 aromatic rings. The van der Waals surface area contributed by atoms with Crippen molar-refractivity contribution in [3.63, 3.8) is 0 Å². The summed E-state index contributed by atoms with van der Waals surface area (Å²) in [5.74, 6) is 1.80. The molecule has 0 aliphatic carbocycles. The lowest BCUT2D eigenvalue weighted by Gasteiger charge is -2.14. The fraction of sp³-hybridized carbons (Fsp3) is 0.364. The molecule has 0 aromatic heterocycles. The monoisotopic (exact) mass is 257 g/mol. The highest BCUT2D eigenvalue weighted by Crippen LogP contribution is 2.33. The van der Waals surface area contributed by atoms with Gasteiger partial charge in [0.05, 0.1) is 33.4 Å². The topological polar surface area (TPSA) is 56.8 Å². The Balaban J connectivity index is 3.10. The Labute approximate surface area is 105 Å². The van der Waals surface area contributed by atoms with Gasteiger partial charge in [0.25, 0.3) is 5.24 Å². The van der Waals surface area contributed by atoms with Crippen molar-refractivity contribution in [2.24, 2.45) is 0 Å². The lowest BCUT2D eigenvalue weighted by molar-refractivity contribution is 0.260. The molecule has 0 radical (unpaired) electrons. The number of amides is 1. The summed E-state index contributed by atoms with van der Waals surface area (Å²) >= 11 is 3.64. The second kappa shape index (κ2) is 6.24. The van der Waals surface area contributed by atoms with E-state index in [4.69, 9.17) is 14.2 Å². The quantitative estimate of drug-likeness (QED) is 0.790. The number of rotatable bonds is 5. The Morgan fingerprint density at radius 3 is 2.06 bits per heavy atom. The molecule has 1 amide bonds. The number of benzene rings is 1. The zero-order valence-electron chi connectivity index (χ0n) is 9.94. The number of hydrogen-bond acceptors (Lipinski definition) is 4. The first kappa shape index (κ1) is 13.5. The Morgan fingerprint density at radius 1 is 1.18 bits per heavy atom. The number of carbonyl (C=O) groups is 1. The average molecular weight is 257 g/mol. The van der Waals surface area contributed by atoms with Crippen molar-refractivity contribution in [3.05, 3.63) is 17.7 Å². The second-order valence-corrected chi connectivity index (χ2v) is 3.58. The van der Waals surface area contributed by atoms with E-state index in [2.05, 4.69) is 17.9 Å². The van der Waals surface area contributed by atoms with E-state index in [0.717, 1.165) is 5.56 Å². The maximum Gasteiger partial charge on any atom is 0.276 e. The van der Waals surface area contributed by atoms with Gasteiger partial charge in [-0.1, -0.05) is 12.6 Å². The first-order chi connectivity index (χ1) is 8.12. The highest BCUT2D eigenvalue weighted by molar-refractivity contribution is 7.96. The summed E-state index contributed by atoms with van der Waals surface area (Å²) in [5.41, 5.74) is 0.734. The SMILES string of the molecule is COc1cc(OC)c(CNC(=O)S)c(OC)c1. The normalized spacial score (nSPS) is 9.65. The van der Waals surface area contributed by atoms with Gasteiger partial charge in [0, 0.05) is 12.1 Å². The first-order valence-corrected chi connectivity index (χ1v) is 5.32. The van der Waals surface area contributed by atoms with Crippen LogP contribution in [0, 0.1) is 0 Å². The lowest BCUT2D eigenvalue weighted by atomic mass is 10.1. The third kappa shape index (κ3) is 3.45. The number of nitrogens with one attached hydrogen (secondary N) is 1. The van der Waals surface area contributed by atoms with Crippen LogP contribution < -0.4 is 19.5 Å². The Kier molecular flexibility index (Phi) is 4.96. The van der Waals surface area contributed by atoms with Crippen LogP contribution in [0.15, 0.2) is 12.1 Å². The van der Waals surface area contributed by atoms with E-state index in [1.54, 1.807) is 33.5 Å². The molecule has 0 aliphatic heterocycles. The molecule has 94 valence electrons. The van der Waals surface area contributed by atoms with Gasteiger partial charge >= 0.3 is 0 Å². The van der Waals surface area contributed by atoms with Crippen molar-refractivity contribution in [2.45, 2.75) is 6.54 Å². The van der Waals surface area contributed by atoms with Crippen LogP contribution in [0.1, 0.15) is 5.56 Å². The third-order valence-corrected chi connectivity index (χ3v) is 2.39. The van der Waals surface area contributed by atoms with E-state index in [1.807, 2.05) is 0 Å². The molecule has 0 fully saturated rings. The molecule has 0 saturated carbocycles. The van der Waals surface area contributed by atoms with E-state index in [9.17, 15) is 4.79 Å². The van der Waals surface area contributed by atoms with Crippen LogP contribution in [0.5, 0.6) is 17.2 Å². The van der Waals surface area contributed by atoms with Gasteiger partial charge in [0.15, 0.2) is 0 Å². The van der Waals surface area contributed by atoms with Gasteiger partial charge in [-0.15, -0.1) is 0 Å². The number of thiol groups is 1. The maximum atomic E-state index is 10.8. The molecule has 1 rings (SSSR count). The third-order valence-electron chi connectivity index (χ3n) is 2.23. The highest BCUT2D eigenvalue weighted by atomic mass is 32.1. The van der Waals surface area contributed by atoms with Gasteiger partial charge in [0.2, 0.25) is 0 Å². The molecule has 0 aliphatic rings. The molecule has 1 N–H and O–H groups in total. The zero-order chi connectivity index (χ0) is 12.8. The molecule has 0 atom stereocenters. The summed E-state index contributed by atoms with van der Waals surface area (Å²) in [7, 11) is 4.64. The molecule has 0 unspecified atom stereocenters. The minimum absolute atomic E-state index is 0.276. The zero-order valence-corrected chi connectivity index (χ0v) is 10.8. The van der Waals surface area contributed by atoms with Gasteiger partial charge < -0.3 is 19.5 Å². The van der Waals surface area contributed by atoms with E-state index in [0.29, 0.717) is 17.2 Å². The molecule has 0 spiro atoms. The summed E-state index contributed by atoms with van der Waals surface area (Å²) in [6.07, 6.45) is 0. The first-order valence-electron chi connectivity index (χ1n) is 4.88. The fourth-order valence-electron chi connectivity index (χ4n) is 1.42. The maximum absolute atomic E-state index is 10.8. The molecule has 5 nitrogen and oxygen atoms in total. The Morgan fingerprint density at radius 2 is 1.71 bits per heavy atom. The Bertz CT molecular complexity index is 383. The molecule has 1 aromatic carbocycles. The van der Waals surface area contributed by atoms with Crippen molar-refractivity contribution in [3.8, 4) is 17.2 Å². The van der Waals surface area contributed by atoms with Gasteiger partial charge in [-0.2, -0.15) is 0 Å². The summed E-state index contributed by atoms with van der Waals surface area (Å²) in [4.78, 5) is 10.8. The lowest BCUT2D eigenvalue weighted by Crippen LogP contribution is -2.17. The van der Waals surface area contributed by atoms with Gasteiger partial charge in [-0.05, 0) is 0 Å². The van der Waals surface area contributed by atoms with Crippen molar-refractivity contribution < 1.29 is 19.0 Å². The van der Waals surface area contributed by atoms with Crippen molar-refractivity contribution >= 4 is 17.9 Å². The van der Waals surface area contributed by atoms with Crippen molar-refractivity contribution in [1.82, 2.24) is 5.32 Å². The van der Waals surface area contributed by atoms with Crippen LogP contribution in [0.4, 0.5) is 4.79 Å². The summed E-state index contributed by atoms with van der Waals surface area (Å²) in [6, 6.07) is 3.45. The minimum Gasteiger partial charge on any atom is -0.496 e. The van der Waals surface area contributed by atoms with Gasteiger partial charge in [-0.25, -0.2) is 0 Å². The molecule has 17 heavy (non-hydrogen) atoms. The molecule has 0 saturated heterocycles. The number of hydrogen-bond donors (Lipinski definition) is 2. The average Bonchev–Trinajstić information content (AvgIpc) is 2.34. The largest absolute Gasteiger partial charge is 0.496 e. The van der Waals surface area contributed by atoms with Crippen LogP contribution in [-0.2, 0) is 6.54 Å². The smallest absolute Gasteiger partial charge is 0.276 e.